The van der Waals surface area contributed by atoms with E-state index in [1.807, 2.05) is 6.07 Å². The molecular weight excluding hydrogens is 320 g/mol. The summed E-state index contributed by atoms with van der Waals surface area (Å²) in [6, 6.07) is 14.0. The minimum absolute atomic E-state index is 0.0608. The number of amides is 1. The number of rotatable bonds is 6. The van der Waals surface area contributed by atoms with Crippen LogP contribution in [0.15, 0.2) is 48.0 Å². The standard InChI is InChI=1S/C19H18N2O4/c1-23-16-8-5-7-15(11-16)21-19(22)14(12-20)10-13-6-4-9-17(24-2)18(13)25-3/h4-11H,1-3H3,(H,21,22)/b14-10-. The van der Waals surface area contributed by atoms with Crippen LogP contribution < -0.4 is 19.5 Å². The first-order valence-electron chi connectivity index (χ1n) is 7.41. The number of nitrogens with one attached hydrogen (secondary N) is 1. The van der Waals surface area contributed by atoms with Crippen molar-refractivity contribution in [1.82, 2.24) is 0 Å². The third-order valence-electron chi connectivity index (χ3n) is 3.43. The van der Waals surface area contributed by atoms with E-state index in [-0.39, 0.29) is 5.57 Å². The first kappa shape index (κ1) is 17.9. The molecule has 1 amide bonds. The molecule has 0 spiro atoms. The Labute approximate surface area is 146 Å². The van der Waals surface area contributed by atoms with Crippen LogP contribution in [0.2, 0.25) is 0 Å². The van der Waals surface area contributed by atoms with E-state index in [9.17, 15) is 10.1 Å². The molecule has 6 nitrogen and oxygen atoms in total. The molecular formula is C19H18N2O4. The minimum Gasteiger partial charge on any atom is -0.497 e. The Balaban J connectivity index is 2.31. The van der Waals surface area contributed by atoms with Crippen LogP contribution in [0.5, 0.6) is 17.2 Å². The van der Waals surface area contributed by atoms with Gasteiger partial charge in [-0.1, -0.05) is 18.2 Å². The Kier molecular flexibility index (Phi) is 6.02. The highest BCUT2D eigenvalue weighted by molar-refractivity contribution is 6.10. The molecule has 2 rings (SSSR count). The van der Waals surface area contributed by atoms with Crippen LogP contribution >= 0.6 is 0 Å². The molecule has 0 aliphatic rings. The molecule has 1 N–H and O–H groups in total. The molecule has 128 valence electrons. The summed E-state index contributed by atoms with van der Waals surface area (Å²) in [5, 5.41) is 12.0. The molecule has 6 heteroatoms. The van der Waals surface area contributed by atoms with E-state index >= 15 is 0 Å². The van der Waals surface area contributed by atoms with Gasteiger partial charge in [0.15, 0.2) is 11.5 Å². The third-order valence-corrected chi connectivity index (χ3v) is 3.43. The van der Waals surface area contributed by atoms with Crippen molar-refractivity contribution in [3.63, 3.8) is 0 Å². The summed E-state index contributed by atoms with van der Waals surface area (Å²) < 4.78 is 15.6. The van der Waals surface area contributed by atoms with Crippen LogP contribution in [0.4, 0.5) is 5.69 Å². The van der Waals surface area contributed by atoms with E-state index in [0.717, 1.165) is 0 Å². The Morgan fingerprint density at radius 1 is 1.08 bits per heavy atom. The Hall–Kier alpha value is -3.46. The van der Waals surface area contributed by atoms with Gasteiger partial charge in [0, 0.05) is 17.3 Å². The maximum atomic E-state index is 12.4. The number of hydrogen-bond acceptors (Lipinski definition) is 5. The normalized spacial score (nSPS) is 10.6. The lowest BCUT2D eigenvalue weighted by Gasteiger charge is -2.10. The monoisotopic (exact) mass is 338 g/mol. The molecule has 25 heavy (non-hydrogen) atoms. The fraction of sp³-hybridized carbons (Fsp3) is 0.158. The predicted octanol–water partition coefficient (Wildman–Crippen LogP) is 3.26. The Morgan fingerprint density at radius 3 is 2.48 bits per heavy atom. The van der Waals surface area contributed by atoms with Crippen molar-refractivity contribution in [3.05, 3.63) is 53.6 Å². The van der Waals surface area contributed by atoms with Gasteiger partial charge in [0.05, 0.1) is 21.3 Å². The summed E-state index contributed by atoms with van der Waals surface area (Å²) in [6.45, 7) is 0. The number of nitrogens with zero attached hydrogens (tertiary/aromatic N) is 1. The molecule has 0 atom stereocenters. The van der Waals surface area contributed by atoms with Crippen molar-refractivity contribution in [2.24, 2.45) is 0 Å². The van der Waals surface area contributed by atoms with Crippen molar-refractivity contribution in [3.8, 4) is 23.3 Å². The van der Waals surface area contributed by atoms with Gasteiger partial charge in [-0.05, 0) is 24.3 Å². The van der Waals surface area contributed by atoms with Crippen LogP contribution in [0.3, 0.4) is 0 Å². The second-order valence-electron chi connectivity index (χ2n) is 4.94. The molecule has 0 aliphatic heterocycles. The smallest absolute Gasteiger partial charge is 0.266 e. The SMILES string of the molecule is COc1cccc(NC(=O)/C(C#N)=C\c2cccc(OC)c2OC)c1. The molecule has 0 aromatic heterocycles. The largest absolute Gasteiger partial charge is 0.497 e. The number of carbonyl (C=O) groups is 1. The molecule has 0 saturated heterocycles. The highest BCUT2D eigenvalue weighted by atomic mass is 16.5. The lowest BCUT2D eigenvalue weighted by atomic mass is 10.1. The number of benzene rings is 2. The molecule has 0 saturated carbocycles. The fourth-order valence-electron chi connectivity index (χ4n) is 2.23. The van der Waals surface area contributed by atoms with Crippen LogP contribution in [0, 0.1) is 11.3 Å². The van der Waals surface area contributed by atoms with Gasteiger partial charge in [-0.25, -0.2) is 0 Å². The van der Waals surface area contributed by atoms with Crippen LogP contribution in [-0.2, 0) is 4.79 Å². The first-order chi connectivity index (χ1) is 12.1. The highest BCUT2D eigenvalue weighted by Gasteiger charge is 2.13. The summed E-state index contributed by atoms with van der Waals surface area (Å²) >= 11 is 0. The molecule has 0 aliphatic carbocycles. The highest BCUT2D eigenvalue weighted by Crippen LogP contribution is 2.32. The summed E-state index contributed by atoms with van der Waals surface area (Å²) in [7, 11) is 4.56. The summed E-state index contributed by atoms with van der Waals surface area (Å²) in [5.74, 6) is 1.05. The predicted molar refractivity (Wildman–Crippen MR) is 94.8 cm³/mol. The van der Waals surface area contributed by atoms with Crippen molar-refractivity contribution in [2.45, 2.75) is 0 Å². The Bertz CT molecular complexity index is 838. The van der Waals surface area contributed by atoms with E-state index in [1.54, 1.807) is 42.5 Å². The summed E-state index contributed by atoms with van der Waals surface area (Å²) in [6.07, 6.45) is 1.46. The topological polar surface area (TPSA) is 80.6 Å². The van der Waals surface area contributed by atoms with Gasteiger partial charge in [0.25, 0.3) is 5.91 Å². The van der Waals surface area contributed by atoms with E-state index in [2.05, 4.69) is 5.32 Å². The number of hydrogen-bond donors (Lipinski definition) is 1. The van der Waals surface area contributed by atoms with Crippen LogP contribution in [0.25, 0.3) is 6.08 Å². The van der Waals surface area contributed by atoms with Crippen molar-refractivity contribution < 1.29 is 19.0 Å². The van der Waals surface area contributed by atoms with Crippen molar-refractivity contribution >= 4 is 17.7 Å². The average molecular weight is 338 g/mol. The number of carbonyl (C=O) groups excluding carboxylic acids is 1. The summed E-state index contributed by atoms with van der Waals surface area (Å²) in [5.41, 5.74) is 1.04. The minimum atomic E-state index is -0.527. The van der Waals surface area contributed by atoms with Crippen LogP contribution in [-0.4, -0.2) is 27.2 Å². The van der Waals surface area contributed by atoms with Gasteiger partial charge in [0.2, 0.25) is 0 Å². The molecule has 0 radical (unpaired) electrons. The van der Waals surface area contributed by atoms with E-state index in [1.165, 1.54) is 27.4 Å². The van der Waals surface area contributed by atoms with Crippen LogP contribution in [0.1, 0.15) is 5.56 Å². The molecule has 2 aromatic carbocycles. The maximum absolute atomic E-state index is 12.4. The van der Waals surface area contributed by atoms with Gasteiger partial charge < -0.3 is 19.5 Å². The van der Waals surface area contributed by atoms with E-state index in [0.29, 0.717) is 28.5 Å². The number of nitriles is 1. The molecule has 2 aromatic rings. The zero-order valence-corrected chi connectivity index (χ0v) is 14.2. The maximum Gasteiger partial charge on any atom is 0.266 e. The van der Waals surface area contributed by atoms with Gasteiger partial charge in [0.1, 0.15) is 17.4 Å². The van der Waals surface area contributed by atoms with Gasteiger partial charge in [-0.15, -0.1) is 0 Å². The van der Waals surface area contributed by atoms with Crippen molar-refractivity contribution in [1.29, 1.82) is 5.26 Å². The number of anilines is 1. The Morgan fingerprint density at radius 2 is 1.84 bits per heavy atom. The second kappa shape index (κ2) is 8.41. The first-order valence-corrected chi connectivity index (χ1v) is 7.41. The number of para-hydroxylation sites is 1. The average Bonchev–Trinajstić information content (AvgIpc) is 2.65. The molecule has 0 fully saturated rings. The zero-order valence-electron chi connectivity index (χ0n) is 14.2. The van der Waals surface area contributed by atoms with Gasteiger partial charge in [-0.3, -0.25) is 4.79 Å². The van der Waals surface area contributed by atoms with Crippen molar-refractivity contribution in [2.75, 3.05) is 26.6 Å². The zero-order chi connectivity index (χ0) is 18.2. The molecule has 0 heterocycles. The lowest BCUT2D eigenvalue weighted by molar-refractivity contribution is -0.112. The molecule has 0 unspecified atom stereocenters. The number of ether oxygens (including phenoxy) is 3. The van der Waals surface area contributed by atoms with Gasteiger partial charge >= 0.3 is 0 Å². The third kappa shape index (κ3) is 4.30. The number of methoxy groups -OCH3 is 3. The lowest BCUT2D eigenvalue weighted by Crippen LogP contribution is -2.13. The molecule has 0 bridgehead atoms. The van der Waals surface area contributed by atoms with E-state index in [4.69, 9.17) is 14.2 Å². The fourth-order valence-corrected chi connectivity index (χ4v) is 2.23. The summed E-state index contributed by atoms with van der Waals surface area (Å²) in [4.78, 5) is 12.4. The quantitative estimate of drug-likeness (QED) is 0.646. The van der Waals surface area contributed by atoms with Gasteiger partial charge in [-0.2, -0.15) is 5.26 Å². The second-order valence-corrected chi connectivity index (χ2v) is 4.94. The van der Waals surface area contributed by atoms with E-state index < -0.39 is 5.91 Å².